The van der Waals surface area contributed by atoms with Crippen LogP contribution in [0.1, 0.15) is 23.9 Å². The van der Waals surface area contributed by atoms with Crippen molar-refractivity contribution in [1.82, 2.24) is 10.1 Å². The Balaban J connectivity index is 0.000000517. The molecule has 9 nitrogen and oxygen atoms in total. The van der Waals surface area contributed by atoms with Crippen LogP contribution in [0.5, 0.6) is 0 Å². The molecule has 0 amide bonds. The molecular formula is C30H29F3N4O5. The highest BCUT2D eigenvalue weighted by Gasteiger charge is 2.39. The summed E-state index contributed by atoms with van der Waals surface area (Å²) in [6.07, 6.45) is -4.57. The number of hydrogen-bond donors (Lipinski definition) is 1. The van der Waals surface area contributed by atoms with Crippen LogP contribution in [0.2, 0.25) is 0 Å². The van der Waals surface area contributed by atoms with E-state index >= 15 is 0 Å². The van der Waals surface area contributed by atoms with Gasteiger partial charge >= 0.3 is 12.1 Å². The Morgan fingerprint density at radius 2 is 1.60 bits per heavy atom. The number of nitrogens with one attached hydrogen (secondary N) is 1. The molecular weight excluding hydrogens is 553 g/mol. The average Bonchev–Trinajstić information content (AvgIpc) is 3.59. The summed E-state index contributed by atoms with van der Waals surface area (Å²) in [5, 5.41) is 16.3. The number of hydrogen-bond acceptors (Lipinski definition) is 8. The average molecular weight is 583 g/mol. The number of aromatic nitrogens is 2. The zero-order valence-corrected chi connectivity index (χ0v) is 22.7. The predicted molar refractivity (Wildman–Crippen MR) is 144 cm³/mol. The van der Waals surface area contributed by atoms with E-state index in [9.17, 15) is 18.0 Å². The number of carbonyl (C=O) groups is 2. The summed E-state index contributed by atoms with van der Waals surface area (Å²) in [4.78, 5) is 26.7. The number of nitrogens with zero attached hydrogens (tertiary/aromatic N) is 3. The van der Waals surface area contributed by atoms with E-state index in [1.165, 1.54) is 0 Å². The number of alkyl halides is 3. The Hall–Kier alpha value is -4.71. The Morgan fingerprint density at radius 1 is 1.02 bits per heavy atom. The fourth-order valence-corrected chi connectivity index (χ4v) is 4.58. The van der Waals surface area contributed by atoms with Gasteiger partial charge in [0.05, 0.1) is 13.6 Å². The predicted octanol–water partition coefficient (Wildman–Crippen LogP) is 4.15. The van der Waals surface area contributed by atoms with Crippen molar-refractivity contribution in [3.63, 3.8) is 0 Å². The molecule has 2 heterocycles. The number of likely N-dealkylation sites (tertiary alicyclic amines) is 1. The molecule has 1 aromatic heterocycles. The van der Waals surface area contributed by atoms with Crippen LogP contribution in [-0.2, 0) is 20.9 Å². The minimum absolute atomic E-state index is 0.170. The fourth-order valence-electron chi connectivity index (χ4n) is 4.58. The Morgan fingerprint density at radius 3 is 2.19 bits per heavy atom. The molecule has 3 atom stereocenters. The minimum atomic E-state index is -5.19. The van der Waals surface area contributed by atoms with Crippen LogP contribution in [0.3, 0.4) is 0 Å². The van der Waals surface area contributed by atoms with Crippen molar-refractivity contribution < 1.29 is 41.6 Å². The van der Waals surface area contributed by atoms with E-state index in [0.717, 1.165) is 29.8 Å². The molecule has 5 rings (SSSR count). The van der Waals surface area contributed by atoms with Crippen LogP contribution in [0.4, 0.5) is 18.9 Å². The van der Waals surface area contributed by atoms with Crippen LogP contribution < -0.4 is 10.4 Å². The Labute approximate surface area is 240 Å². The van der Waals surface area contributed by atoms with Gasteiger partial charge in [0.15, 0.2) is 12.1 Å². The van der Waals surface area contributed by atoms with Crippen molar-refractivity contribution in [3.8, 4) is 11.5 Å². The lowest BCUT2D eigenvalue weighted by molar-refractivity contribution is -0.912. The first-order chi connectivity index (χ1) is 20.0. The van der Waals surface area contributed by atoms with E-state index in [4.69, 9.17) is 19.2 Å². The lowest BCUT2D eigenvalue weighted by Crippen LogP contribution is -2.42. The number of halogens is 3. The van der Waals surface area contributed by atoms with E-state index < -0.39 is 18.2 Å². The number of benzene rings is 3. The van der Waals surface area contributed by atoms with Gasteiger partial charge in [0.2, 0.25) is 5.82 Å². The van der Waals surface area contributed by atoms with Gasteiger partial charge in [-0.25, -0.2) is 4.79 Å². The maximum atomic E-state index is 13.3. The SMILES string of the molecule is C[N+]1(Cc2noc(-c3ccccc3)n2)CC[C@@H](OC(=O)C(Nc2ccccc2)c2ccccc2)C1.O=C([O-])C(F)(F)F. The van der Waals surface area contributed by atoms with Crippen LogP contribution in [-0.4, -0.2) is 59.0 Å². The van der Waals surface area contributed by atoms with Gasteiger partial charge in [-0.15, -0.1) is 0 Å². The number of para-hydroxylation sites is 1. The first-order valence-corrected chi connectivity index (χ1v) is 13.1. The van der Waals surface area contributed by atoms with Gasteiger partial charge in [0.1, 0.15) is 19.1 Å². The van der Waals surface area contributed by atoms with E-state index in [1.54, 1.807) is 0 Å². The number of aliphatic carboxylic acids is 1. The van der Waals surface area contributed by atoms with Crippen molar-refractivity contribution in [2.24, 2.45) is 0 Å². The second kappa shape index (κ2) is 13.3. The van der Waals surface area contributed by atoms with Gasteiger partial charge in [-0.05, 0) is 29.8 Å². The van der Waals surface area contributed by atoms with Crippen molar-refractivity contribution in [3.05, 3.63) is 102 Å². The van der Waals surface area contributed by atoms with Gasteiger partial charge in [-0.1, -0.05) is 71.9 Å². The van der Waals surface area contributed by atoms with Gasteiger partial charge in [0, 0.05) is 17.7 Å². The summed E-state index contributed by atoms with van der Waals surface area (Å²) >= 11 is 0. The number of likely N-dealkylation sites (N-methyl/N-ethyl adjacent to an activating group) is 1. The molecule has 1 aliphatic rings. The molecule has 1 saturated heterocycles. The second-order valence-electron chi connectivity index (χ2n) is 10.1. The normalized spacial score (nSPS) is 18.8. The first-order valence-electron chi connectivity index (χ1n) is 13.1. The molecule has 1 fully saturated rings. The molecule has 0 saturated carbocycles. The lowest BCUT2D eigenvalue weighted by Gasteiger charge is -2.28. The molecule has 0 bridgehead atoms. The Kier molecular flexibility index (Phi) is 9.58. The van der Waals surface area contributed by atoms with Crippen molar-refractivity contribution >= 4 is 17.6 Å². The molecule has 1 aliphatic heterocycles. The topological polar surface area (TPSA) is 117 Å². The summed E-state index contributed by atoms with van der Waals surface area (Å²) in [5.74, 6) is -2.10. The summed E-state index contributed by atoms with van der Waals surface area (Å²) in [6.45, 7) is 2.19. The number of anilines is 1. The van der Waals surface area contributed by atoms with Crippen LogP contribution in [0, 0.1) is 0 Å². The number of ether oxygens (including phenoxy) is 1. The van der Waals surface area contributed by atoms with Crippen molar-refractivity contribution in [2.75, 3.05) is 25.5 Å². The third-order valence-corrected chi connectivity index (χ3v) is 6.61. The largest absolute Gasteiger partial charge is 0.542 e. The van der Waals surface area contributed by atoms with E-state index in [1.807, 2.05) is 91.0 Å². The number of quaternary nitrogens is 1. The van der Waals surface area contributed by atoms with E-state index in [2.05, 4.69) is 22.5 Å². The summed E-state index contributed by atoms with van der Waals surface area (Å²) < 4.78 is 43.7. The van der Waals surface area contributed by atoms with Gasteiger partial charge in [-0.3, -0.25) is 0 Å². The second-order valence-corrected chi connectivity index (χ2v) is 10.1. The number of carboxylic acids is 1. The minimum Gasteiger partial charge on any atom is -0.542 e. The molecule has 2 unspecified atom stereocenters. The molecule has 0 spiro atoms. The number of carbonyl (C=O) groups excluding carboxylic acids is 2. The summed E-state index contributed by atoms with van der Waals surface area (Å²) in [5.41, 5.74) is 2.65. The van der Waals surface area contributed by atoms with Gasteiger partial charge in [-0.2, -0.15) is 18.2 Å². The smallest absolute Gasteiger partial charge is 0.430 e. The zero-order chi connectivity index (χ0) is 30.2. The lowest BCUT2D eigenvalue weighted by atomic mass is 10.1. The summed E-state index contributed by atoms with van der Waals surface area (Å²) in [6, 6.07) is 28.6. The zero-order valence-electron chi connectivity index (χ0n) is 22.7. The number of esters is 1. The molecule has 12 heteroatoms. The highest BCUT2D eigenvalue weighted by atomic mass is 19.4. The quantitative estimate of drug-likeness (QED) is 0.243. The van der Waals surface area contributed by atoms with Gasteiger partial charge in [0.25, 0.3) is 5.89 Å². The molecule has 42 heavy (non-hydrogen) atoms. The first kappa shape index (κ1) is 30.3. The Bertz CT molecular complexity index is 1450. The van der Waals surface area contributed by atoms with Crippen LogP contribution in [0.25, 0.3) is 11.5 Å². The molecule has 1 N–H and O–H groups in total. The van der Waals surface area contributed by atoms with E-state index in [-0.39, 0.29) is 12.1 Å². The highest BCUT2D eigenvalue weighted by molar-refractivity contribution is 5.81. The van der Waals surface area contributed by atoms with Gasteiger partial charge < -0.3 is 29.0 Å². The summed E-state index contributed by atoms with van der Waals surface area (Å²) in [7, 11) is 2.14. The van der Waals surface area contributed by atoms with Crippen molar-refractivity contribution in [2.45, 2.75) is 31.3 Å². The molecule has 0 radical (unpaired) electrons. The molecule has 0 aliphatic carbocycles. The monoisotopic (exact) mass is 582 g/mol. The number of carboxylic acid groups (broad SMARTS) is 1. The van der Waals surface area contributed by atoms with Crippen LogP contribution in [0.15, 0.2) is 95.5 Å². The van der Waals surface area contributed by atoms with E-state index in [0.29, 0.717) is 29.3 Å². The third-order valence-electron chi connectivity index (χ3n) is 6.61. The maximum Gasteiger partial charge on any atom is 0.430 e. The highest BCUT2D eigenvalue weighted by Crippen LogP contribution is 2.27. The number of rotatable bonds is 8. The molecule has 4 aromatic rings. The standard InChI is InChI=1S/C28H29N4O3.C2HF3O2/c1-32(20-25-30-27(35-31-25)22-13-7-3-8-14-22)18-17-24(19-32)34-28(33)26(21-11-5-2-6-12-21)29-23-15-9-4-10-16-23;3-2(4,5)1(6)7/h2-16,24,26,29H,17-20H2,1H3;(H,6,7)/q+1;/p-1/t24-,26?,32?;/m1./s1. The molecule has 220 valence electrons. The third kappa shape index (κ3) is 8.40. The van der Waals surface area contributed by atoms with Crippen molar-refractivity contribution in [1.29, 1.82) is 0 Å². The molecule has 3 aromatic carbocycles. The van der Waals surface area contributed by atoms with Crippen LogP contribution >= 0.6 is 0 Å². The maximum absolute atomic E-state index is 13.3. The fraction of sp³-hybridized carbons (Fsp3) is 0.267.